The lowest BCUT2D eigenvalue weighted by atomic mass is 10.0. The van der Waals surface area contributed by atoms with Crippen LogP contribution in [0.2, 0.25) is 0 Å². The molecule has 154 valence electrons. The second kappa shape index (κ2) is 9.62. The van der Waals surface area contributed by atoms with Gasteiger partial charge < -0.3 is 20.7 Å². The zero-order chi connectivity index (χ0) is 21.5. The molecule has 30 heavy (non-hydrogen) atoms. The molecule has 0 aliphatic rings. The van der Waals surface area contributed by atoms with Gasteiger partial charge in [0, 0.05) is 56.1 Å². The first-order valence-corrected chi connectivity index (χ1v) is 9.31. The van der Waals surface area contributed by atoms with E-state index in [1.165, 1.54) is 0 Å². The number of likely N-dealkylation sites (N-methyl/N-ethyl adjacent to an activating group) is 1. The summed E-state index contributed by atoms with van der Waals surface area (Å²) >= 11 is 0. The Morgan fingerprint density at radius 3 is 2.47 bits per heavy atom. The summed E-state index contributed by atoms with van der Waals surface area (Å²) in [6.45, 7) is 0.983. The number of anilines is 2. The van der Waals surface area contributed by atoms with Crippen LogP contribution < -0.4 is 11.1 Å². The minimum atomic E-state index is -0.361. The van der Waals surface area contributed by atoms with Crippen molar-refractivity contribution in [1.29, 1.82) is 0 Å². The number of pyridine rings is 2. The molecule has 0 atom stereocenters. The lowest BCUT2D eigenvalue weighted by molar-refractivity contribution is 0.0744. The van der Waals surface area contributed by atoms with Gasteiger partial charge in [0.2, 0.25) is 0 Å². The van der Waals surface area contributed by atoms with Gasteiger partial charge in [-0.15, -0.1) is 0 Å². The first-order chi connectivity index (χ1) is 14.5. The molecule has 1 aromatic carbocycles. The predicted molar refractivity (Wildman–Crippen MR) is 115 cm³/mol. The number of hydrogen-bond donors (Lipinski definition) is 2. The van der Waals surface area contributed by atoms with Crippen LogP contribution in [0, 0.1) is 0 Å². The zero-order valence-corrected chi connectivity index (χ0v) is 16.8. The molecule has 3 aromatic rings. The Bertz CT molecular complexity index is 1020. The molecule has 2 amide bonds. The summed E-state index contributed by atoms with van der Waals surface area (Å²) in [4.78, 5) is 34.7. The van der Waals surface area contributed by atoms with E-state index >= 15 is 0 Å². The third kappa shape index (κ3) is 4.98. The molecule has 0 bridgehead atoms. The average molecular weight is 405 g/mol. The van der Waals surface area contributed by atoms with Gasteiger partial charge in [-0.25, -0.2) is 4.98 Å². The normalized spacial score (nSPS) is 10.5. The summed E-state index contributed by atoms with van der Waals surface area (Å²) in [5.41, 5.74) is 8.89. The molecule has 0 fully saturated rings. The Morgan fingerprint density at radius 1 is 1.10 bits per heavy atom. The predicted octanol–water partition coefficient (Wildman–Crippen LogP) is 2.70. The molecule has 3 N–H and O–H groups in total. The maximum atomic E-state index is 12.6. The highest BCUT2D eigenvalue weighted by molar-refractivity contribution is 6.07. The molecule has 2 aromatic heterocycles. The highest BCUT2D eigenvalue weighted by Gasteiger charge is 2.15. The molecule has 2 heterocycles. The number of amides is 2. The molecule has 0 aliphatic heterocycles. The number of benzene rings is 1. The van der Waals surface area contributed by atoms with Crippen LogP contribution in [0.1, 0.15) is 20.7 Å². The highest BCUT2D eigenvalue weighted by atomic mass is 16.5. The van der Waals surface area contributed by atoms with Crippen LogP contribution in [0.3, 0.4) is 0 Å². The maximum Gasteiger partial charge on any atom is 0.259 e. The minimum absolute atomic E-state index is 0.0913. The van der Waals surface area contributed by atoms with Gasteiger partial charge >= 0.3 is 0 Å². The third-order valence-electron chi connectivity index (χ3n) is 4.54. The second-order valence-corrected chi connectivity index (χ2v) is 6.64. The quantitative estimate of drug-likeness (QED) is 0.625. The molecule has 0 aliphatic carbocycles. The van der Waals surface area contributed by atoms with E-state index in [0.29, 0.717) is 24.4 Å². The number of nitrogens with zero attached hydrogens (tertiary/aromatic N) is 3. The van der Waals surface area contributed by atoms with Gasteiger partial charge in [-0.1, -0.05) is 12.1 Å². The van der Waals surface area contributed by atoms with Crippen molar-refractivity contribution >= 4 is 23.3 Å². The van der Waals surface area contributed by atoms with Gasteiger partial charge in [0.15, 0.2) is 0 Å². The fraction of sp³-hybridized carbons (Fsp3) is 0.182. The van der Waals surface area contributed by atoms with Crippen LogP contribution in [-0.2, 0) is 4.74 Å². The molecular weight excluding hydrogens is 382 g/mol. The second-order valence-electron chi connectivity index (χ2n) is 6.64. The number of nitrogen functional groups attached to an aromatic ring is 1. The summed E-state index contributed by atoms with van der Waals surface area (Å²) in [6, 6.07) is 12.2. The lowest BCUT2D eigenvalue weighted by Gasteiger charge is -2.16. The van der Waals surface area contributed by atoms with Crippen LogP contribution in [0.25, 0.3) is 11.1 Å². The molecule has 3 rings (SSSR count). The van der Waals surface area contributed by atoms with Crippen LogP contribution in [0.4, 0.5) is 11.5 Å². The number of aromatic nitrogens is 2. The van der Waals surface area contributed by atoms with Crippen molar-refractivity contribution in [3.8, 4) is 11.1 Å². The lowest BCUT2D eigenvalue weighted by Crippen LogP contribution is -2.29. The Kier molecular flexibility index (Phi) is 6.71. The minimum Gasteiger partial charge on any atom is -0.383 e. The fourth-order valence-corrected chi connectivity index (χ4v) is 2.80. The first-order valence-electron chi connectivity index (χ1n) is 9.31. The monoisotopic (exact) mass is 405 g/mol. The van der Waals surface area contributed by atoms with Gasteiger partial charge in [0.25, 0.3) is 11.8 Å². The molecule has 0 spiro atoms. The molecule has 0 radical (unpaired) electrons. The van der Waals surface area contributed by atoms with E-state index in [4.69, 9.17) is 10.5 Å². The number of nitrogens with one attached hydrogen (secondary N) is 1. The molecule has 8 heteroatoms. The molecule has 8 nitrogen and oxygen atoms in total. The van der Waals surface area contributed by atoms with Crippen molar-refractivity contribution in [1.82, 2.24) is 14.9 Å². The number of carbonyl (C=O) groups excluding carboxylic acids is 2. The van der Waals surface area contributed by atoms with Crippen molar-refractivity contribution in [2.45, 2.75) is 0 Å². The Morgan fingerprint density at radius 2 is 1.80 bits per heavy atom. The fourth-order valence-electron chi connectivity index (χ4n) is 2.80. The Hall–Kier alpha value is -3.78. The highest BCUT2D eigenvalue weighted by Crippen LogP contribution is 2.23. The van der Waals surface area contributed by atoms with Crippen LogP contribution in [0.15, 0.2) is 61.1 Å². The number of methoxy groups -OCH3 is 1. The summed E-state index contributed by atoms with van der Waals surface area (Å²) in [5.74, 6) is -0.317. The van der Waals surface area contributed by atoms with E-state index in [0.717, 1.165) is 11.1 Å². The van der Waals surface area contributed by atoms with Crippen molar-refractivity contribution in [3.05, 3.63) is 72.2 Å². The smallest absolute Gasteiger partial charge is 0.259 e. The summed E-state index contributed by atoms with van der Waals surface area (Å²) < 4.78 is 5.01. The maximum absolute atomic E-state index is 12.6. The molecular formula is C22H23N5O3. The summed E-state index contributed by atoms with van der Waals surface area (Å²) in [7, 11) is 3.33. The first kappa shape index (κ1) is 20.9. The van der Waals surface area contributed by atoms with Gasteiger partial charge in [-0.05, 0) is 35.9 Å². The Balaban J connectivity index is 1.78. The molecule has 0 unspecified atom stereocenters. The Labute approximate surface area is 174 Å². The SMILES string of the molecule is COCCN(C)C(=O)c1ccc(-c2cnc(N)c(C(=O)Nc3ccncc3)c2)cc1. The van der Waals surface area contributed by atoms with E-state index in [-0.39, 0.29) is 23.2 Å². The number of rotatable bonds is 7. The number of ether oxygens (including phenoxy) is 1. The molecule has 0 saturated carbocycles. The standard InChI is InChI=1S/C22H23N5O3/c1-27(11-12-30-2)22(29)16-5-3-15(4-6-16)17-13-19(20(23)25-14-17)21(28)26-18-7-9-24-10-8-18/h3-10,13-14H,11-12H2,1-2H3,(H2,23,25)(H,24,26,28). The molecule has 0 saturated heterocycles. The number of carbonyl (C=O) groups is 2. The largest absolute Gasteiger partial charge is 0.383 e. The van der Waals surface area contributed by atoms with Gasteiger partial charge in [0.05, 0.1) is 12.2 Å². The van der Waals surface area contributed by atoms with Crippen LogP contribution in [0.5, 0.6) is 0 Å². The van der Waals surface area contributed by atoms with E-state index in [1.807, 2.05) is 12.1 Å². The van der Waals surface area contributed by atoms with E-state index in [1.54, 1.807) is 68.0 Å². The number of hydrogen-bond acceptors (Lipinski definition) is 6. The van der Waals surface area contributed by atoms with E-state index in [9.17, 15) is 9.59 Å². The van der Waals surface area contributed by atoms with Crippen LogP contribution >= 0.6 is 0 Å². The van der Waals surface area contributed by atoms with Crippen molar-refractivity contribution in [3.63, 3.8) is 0 Å². The topological polar surface area (TPSA) is 110 Å². The van der Waals surface area contributed by atoms with Gasteiger partial charge in [0.1, 0.15) is 5.82 Å². The summed E-state index contributed by atoms with van der Waals surface area (Å²) in [6.07, 6.45) is 4.77. The van der Waals surface area contributed by atoms with Crippen molar-refractivity contribution < 1.29 is 14.3 Å². The van der Waals surface area contributed by atoms with Gasteiger partial charge in [-0.2, -0.15) is 0 Å². The number of nitrogens with two attached hydrogens (primary N) is 1. The van der Waals surface area contributed by atoms with Crippen molar-refractivity contribution in [2.75, 3.05) is 38.4 Å². The van der Waals surface area contributed by atoms with Crippen molar-refractivity contribution in [2.24, 2.45) is 0 Å². The summed E-state index contributed by atoms with van der Waals surface area (Å²) in [5, 5.41) is 2.77. The van der Waals surface area contributed by atoms with E-state index in [2.05, 4.69) is 15.3 Å². The van der Waals surface area contributed by atoms with E-state index < -0.39 is 0 Å². The third-order valence-corrected chi connectivity index (χ3v) is 4.54. The van der Waals surface area contributed by atoms with Crippen LogP contribution in [-0.4, -0.2) is 54.0 Å². The average Bonchev–Trinajstić information content (AvgIpc) is 2.78. The van der Waals surface area contributed by atoms with Gasteiger partial charge in [-0.3, -0.25) is 14.6 Å². The zero-order valence-electron chi connectivity index (χ0n) is 16.8.